The Morgan fingerprint density at radius 1 is 1.12 bits per heavy atom. The summed E-state index contributed by atoms with van der Waals surface area (Å²) in [6.45, 7) is 4.88. The molecule has 1 unspecified atom stereocenters. The number of carbonyl (C=O) groups is 1. The number of rotatable bonds is 11. The summed E-state index contributed by atoms with van der Waals surface area (Å²) >= 11 is 0. The maximum atomic E-state index is 12.0. The highest BCUT2D eigenvalue weighted by Crippen LogP contribution is 2.35. The highest BCUT2D eigenvalue weighted by molar-refractivity contribution is 5.83. The van der Waals surface area contributed by atoms with Gasteiger partial charge in [-0.2, -0.15) is 0 Å². The fraction of sp³-hybridized carbons (Fsp3) is 0.933. The lowest BCUT2D eigenvalue weighted by Crippen LogP contribution is -2.26. The van der Waals surface area contributed by atoms with Crippen LogP contribution in [0.3, 0.4) is 0 Å². The molecule has 0 aromatic heterocycles. The van der Waals surface area contributed by atoms with Gasteiger partial charge in [0, 0.05) is 13.0 Å². The van der Waals surface area contributed by atoms with Gasteiger partial charge in [0.1, 0.15) is 6.10 Å². The molecule has 0 aromatic carbocycles. The van der Waals surface area contributed by atoms with E-state index in [9.17, 15) is 4.79 Å². The van der Waals surface area contributed by atoms with Gasteiger partial charge in [0.15, 0.2) is 5.78 Å². The van der Waals surface area contributed by atoms with Gasteiger partial charge in [0.05, 0.1) is 0 Å². The van der Waals surface area contributed by atoms with Gasteiger partial charge in [0.25, 0.3) is 0 Å². The zero-order valence-electron chi connectivity index (χ0n) is 11.5. The van der Waals surface area contributed by atoms with Crippen molar-refractivity contribution < 1.29 is 9.53 Å². The molecule has 2 nitrogen and oxygen atoms in total. The minimum atomic E-state index is -0.0735. The molecule has 2 heteroatoms. The number of ketones is 1. The minimum Gasteiger partial charge on any atom is -0.370 e. The molecule has 0 aromatic rings. The van der Waals surface area contributed by atoms with Gasteiger partial charge in [0.2, 0.25) is 0 Å². The Bertz CT molecular complexity index is 209. The lowest BCUT2D eigenvalue weighted by Gasteiger charge is -2.14. The van der Waals surface area contributed by atoms with E-state index < -0.39 is 0 Å². The van der Waals surface area contributed by atoms with Crippen LogP contribution in [0, 0.1) is 5.92 Å². The van der Waals surface area contributed by atoms with Crippen molar-refractivity contribution in [3.63, 3.8) is 0 Å². The summed E-state index contributed by atoms with van der Waals surface area (Å²) in [5, 5.41) is 0. The lowest BCUT2D eigenvalue weighted by atomic mass is 10.0. The molecule has 17 heavy (non-hydrogen) atoms. The van der Waals surface area contributed by atoms with Gasteiger partial charge in [-0.15, -0.1) is 0 Å². The summed E-state index contributed by atoms with van der Waals surface area (Å²) < 4.78 is 5.57. The van der Waals surface area contributed by atoms with Crippen LogP contribution in [0.15, 0.2) is 0 Å². The highest BCUT2D eigenvalue weighted by atomic mass is 16.5. The third kappa shape index (κ3) is 6.21. The first-order valence-corrected chi connectivity index (χ1v) is 7.43. The molecule has 0 saturated heterocycles. The molecule has 0 N–H and O–H groups in total. The second-order valence-electron chi connectivity index (χ2n) is 5.20. The monoisotopic (exact) mass is 240 g/mol. The molecule has 0 amide bonds. The van der Waals surface area contributed by atoms with E-state index in [2.05, 4.69) is 6.92 Å². The Morgan fingerprint density at radius 3 is 2.35 bits per heavy atom. The Hall–Kier alpha value is -0.370. The molecule has 0 aliphatic heterocycles. The van der Waals surface area contributed by atoms with Crippen molar-refractivity contribution in [3.05, 3.63) is 0 Å². The molecule has 1 fully saturated rings. The largest absolute Gasteiger partial charge is 0.370 e. The van der Waals surface area contributed by atoms with E-state index in [1.807, 2.05) is 6.92 Å². The predicted octanol–water partition coefficient (Wildman–Crippen LogP) is 4.12. The Labute approximate surface area is 106 Å². The standard InChI is InChI=1S/C15H28O2/c1-3-5-6-7-8-9-10-14(16)15(17-4-2)13-11-12-13/h13,15H,3-12H2,1-2H3. The predicted molar refractivity (Wildman–Crippen MR) is 71.1 cm³/mol. The van der Waals surface area contributed by atoms with Crippen LogP contribution in [-0.2, 0) is 9.53 Å². The second kappa shape index (κ2) is 8.68. The van der Waals surface area contributed by atoms with Crippen molar-refractivity contribution >= 4 is 5.78 Å². The van der Waals surface area contributed by atoms with Gasteiger partial charge in [-0.3, -0.25) is 4.79 Å². The summed E-state index contributed by atoms with van der Waals surface area (Å²) in [6.07, 6.45) is 10.5. The number of ether oxygens (including phenoxy) is 1. The minimum absolute atomic E-state index is 0.0735. The zero-order valence-corrected chi connectivity index (χ0v) is 11.5. The van der Waals surface area contributed by atoms with E-state index in [1.54, 1.807) is 0 Å². The third-order valence-electron chi connectivity index (χ3n) is 3.49. The van der Waals surface area contributed by atoms with Crippen LogP contribution in [0.2, 0.25) is 0 Å². The summed E-state index contributed by atoms with van der Waals surface area (Å²) in [7, 11) is 0. The van der Waals surface area contributed by atoms with Crippen molar-refractivity contribution in [1.82, 2.24) is 0 Å². The van der Waals surface area contributed by atoms with Crippen LogP contribution >= 0.6 is 0 Å². The smallest absolute Gasteiger partial charge is 0.161 e. The van der Waals surface area contributed by atoms with Crippen molar-refractivity contribution in [3.8, 4) is 0 Å². The van der Waals surface area contributed by atoms with Gasteiger partial charge in [-0.1, -0.05) is 39.0 Å². The molecule has 1 rings (SSSR count). The molecular weight excluding hydrogens is 212 g/mol. The maximum Gasteiger partial charge on any atom is 0.161 e. The zero-order chi connectivity index (χ0) is 12.5. The third-order valence-corrected chi connectivity index (χ3v) is 3.49. The second-order valence-corrected chi connectivity index (χ2v) is 5.20. The highest BCUT2D eigenvalue weighted by Gasteiger charge is 2.35. The topological polar surface area (TPSA) is 26.3 Å². The van der Waals surface area contributed by atoms with E-state index in [0.717, 1.165) is 12.8 Å². The summed E-state index contributed by atoms with van der Waals surface area (Å²) in [5.74, 6) is 0.896. The molecule has 1 saturated carbocycles. The number of hydrogen-bond acceptors (Lipinski definition) is 2. The van der Waals surface area contributed by atoms with Gasteiger partial charge in [-0.25, -0.2) is 0 Å². The molecule has 0 radical (unpaired) electrons. The molecule has 100 valence electrons. The quantitative estimate of drug-likeness (QED) is 0.508. The molecule has 1 atom stereocenters. The summed E-state index contributed by atoms with van der Waals surface area (Å²) in [5.41, 5.74) is 0. The molecule has 0 bridgehead atoms. The Kier molecular flexibility index (Phi) is 7.50. The van der Waals surface area contributed by atoms with Crippen molar-refractivity contribution in [2.45, 2.75) is 77.7 Å². The average Bonchev–Trinajstić information content (AvgIpc) is 3.14. The lowest BCUT2D eigenvalue weighted by molar-refractivity contribution is -0.131. The van der Waals surface area contributed by atoms with Crippen LogP contribution in [0.25, 0.3) is 0 Å². The summed E-state index contributed by atoms with van der Waals surface area (Å²) in [4.78, 5) is 12.0. The normalized spacial score (nSPS) is 17.1. The van der Waals surface area contributed by atoms with Crippen molar-refractivity contribution in [2.75, 3.05) is 6.61 Å². The molecule has 0 spiro atoms. The number of Topliss-reactive ketones (excluding diaryl/α,β-unsaturated/α-hetero) is 1. The first kappa shape index (κ1) is 14.7. The molecule has 0 heterocycles. The SMILES string of the molecule is CCCCCCCCC(=O)C(OCC)C1CC1. The number of hydrogen-bond donors (Lipinski definition) is 0. The number of unbranched alkanes of at least 4 members (excludes halogenated alkanes) is 5. The van der Waals surface area contributed by atoms with Crippen LogP contribution < -0.4 is 0 Å². The van der Waals surface area contributed by atoms with Crippen LogP contribution in [0.1, 0.15) is 71.6 Å². The first-order chi connectivity index (χ1) is 8.29. The van der Waals surface area contributed by atoms with E-state index in [0.29, 0.717) is 18.3 Å². The van der Waals surface area contributed by atoms with Gasteiger partial charge >= 0.3 is 0 Å². The van der Waals surface area contributed by atoms with Gasteiger partial charge in [-0.05, 0) is 32.1 Å². The molecular formula is C15H28O2. The summed E-state index contributed by atoms with van der Waals surface area (Å²) in [6, 6.07) is 0. The average molecular weight is 240 g/mol. The van der Waals surface area contributed by atoms with Crippen LogP contribution in [-0.4, -0.2) is 18.5 Å². The van der Waals surface area contributed by atoms with E-state index >= 15 is 0 Å². The van der Waals surface area contributed by atoms with Gasteiger partial charge < -0.3 is 4.74 Å². The Balaban J connectivity index is 2.06. The van der Waals surface area contributed by atoms with E-state index in [-0.39, 0.29) is 6.10 Å². The fourth-order valence-corrected chi connectivity index (χ4v) is 2.29. The molecule has 1 aliphatic carbocycles. The van der Waals surface area contributed by atoms with E-state index in [4.69, 9.17) is 4.74 Å². The van der Waals surface area contributed by atoms with Crippen LogP contribution in [0.4, 0.5) is 0 Å². The first-order valence-electron chi connectivity index (χ1n) is 7.43. The van der Waals surface area contributed by atoms with Crippen LogP contribution in [0.5, 0.6) is 0 Å². The molecule has 1 aliphatic rings. The maximum absolute atomic E-state index is 12.0. The fourth-order valence-electron chi connectivity index (χ4n) is 2.29. The Morgan fingerprint density at radius 2 is 1.76 bits per heavy atom. The van der Waals surface area contributed by atoms with Crippen molar-refractivity contribution in [2.24, 2.45) is 5.92 Å². The van der Waals surface area contributed by atoms with Crippen molar-refractivity contribution in [1.29, 1.82) is 0 Å². The number of carbonyl (C=O) groups excluding carboxylic acids is 1. The van der Waals surface area contributed by atoms with E-state index in [1.165, 1.54) is 44.9 Å².